The van der Waals surface area contributed by atoms with E-state index in [0.717, 1.165) is 16.8 Å². The van der Waals surface area contributed by atoms with Crippen LogP contribution in [-0.2, 0) is 9.53 Å². The molecule has 6 nitrogen and oxygen atoms in total. The number of nitrogens with zero attached hydrogens (tertiary/aromatic N) is 1. The smallest absolute Gasteiger partial charge is 0.337 e. The van der Waals surface area contributed by atoms with Gasteiger partial charge < -0.3 is 20.3 Å². The number of thiocarbonyl (C=S) groups is 1. The summed E-state index contributed by atoms with van der Waals surface area (Å²) >= 11 is 5.39. The topological polar surface area (TPSA) is 70.7 Å². The Morgan fingerprint density at radius 3 is 2.48 bits per heavy atom. The van der Waals surface area contributed by atoms with Crippen molar-refractivity contribution in [1.82, 2.24) is 10.2 Å². The number of carbonyl (C=O) groups is 2. The van der Waals surface area contributed by atoms with E-state index >= 15 is 0 Å². The van der Waals surface area contributed by atoms with E-state index in [9.17, 15) is 9.59 Å². The van der Waals surface area contributed by atoms with Crippen LogP contribution >= 0.6 is 12.2 Å². The van der Waals surface area contributed by atoms with Crippen LogP contribution in [0, 0.1) is 6.92 Å². The molecule has 0 saturated carbocycles. The number of allylic oxidation sites excluding steroid dienone is 1. The van der Waals surface area contributed by atoms with E-state index < -0.39 is 12.0 Å². The highest BCUT2D eigenvalue weighted by atomic mass is 32.1. The molecule has 0 unspecified atom stereocenters. The van der Waals surface area contributed by atoms with Crippen molar-refractivity contribution in [3.63, 3.8) is 0 Å². The summed E-state index contributed by atoms with van der Waals surface area (Å²) in [5.74, 6) is -0.627. The second-order valence-corrected chi connectivity index (χ2v) is 7.26. The van der Waals surface area contributed by atoms with Crippen LogP contribution in [0.5, 0.6) is 0 Å². The van der Waals surface area contributed by atoms with Gasteiger partial charge in [0.25, 0.3) is 5.91 Å². The number of anilines is 1. The molecule has 29 heavy (non-hydrogen) atoms. The zero-order valence-electron chi connectivity index (χ0n) is 16.8. The van der Waals surface area contributed by atoms with Crippen molar-refractivity contribution < 1.29 is 14.3 Å². The van der Waals surface area contributed by atoms with Crippen LogP contribution in [0.4, 0.5) is 5.69 Å². The molecule has 7 heteroatoms. The molecule has 0 spiro atoms. The van der Waals surface area contributed by atoms with Gasteiger partial charge in [0.1, 0.15) is 0 Å². The standard InChI is InChI=1S/C22H23N3O3S/c1-13-8-10-15(11-9-13)20(26)23-17-7-5-6-16(12-17)19-18(21(27)28-4)14(2)25(3)22(29)24-19/h5-12,19H,1-4H3,(H,23,26)(H,24,29)/t19-/m1/s1. The maximum Gasteiger partial charge on any atom is 0.337 e. The molecular weight excluding hydrogens is 386 g/mol. The number of carbonyl (C=O) groups excluding carboxylic acids is 2. The number of aryl methyl sites for hydroxylation is 1. The highest BCUT2D eigenvalue weighted by Gasteiger charge is 2.33. The molecule has 0 aromatic heterocycles. The minimum absolute atomic E-state index is 0.200. The van der Waals surface area contributed by atoms with Crippen molar-refractivity contribution in [2.45, 2.75) is 19.9 Å². The molecule has 0 aliphatic carbocycles. The van der Waals surface area contributed by atoms with Gasteiger partial charge in [-0.25, -0.2) is 4.79 Å². The van der Waals surface area contributed by atoms with E-state index in [0.29, 0.717) is 21.9 Å². The van der Waals surface area contributed by atoms with Crippen molar-refractivity contribution >= 4 is 34.9 Å². The molecule has 1 heterocycles. The first kappa shape index (κ1) is 20.5. The number of benzene rings is 2. The summed E-state index contributed by atoms with van der Waals surface area (Å²) in [6, 6.07) is 14.2. The summed E-state index contributed by atoms with van der Waals surface area (Å²) < 4.78 is 4.98. The SMILES string of the molecule is COC(=O)C1=C(C)N(C)C(=S)N[C@@H]1c1cccc(NC(=O)c2ccc(C)cc2)c1. The van der Waals surface area contributed by atoms with Crippen molar-refractivity contribution in [3.05, 3.63) is 76.5 Å². The number of ether oxygens (including phenoxy) is 1. The normalized spacial score (nSPS) is 16.3. The van der Waals surface area contributed by atoms with Crippen LogP contribution < -0.4 is 10.6 Å². The van der Waals surface area contributed by atoms with E-state index in [-0.39, 0.29) is 5.91 Å². The maximum absolute atomic E-state index is 12.5. The first-order valence-corrected chi connectivity index (χ1v) is 9.54. The van der Waals surface area contributed by atoms with Gasteiger partial charge >= 0.3 is 5.97 Å². The van der Waals surface area contributed by atoms with Gasteiger partial charge in [-0.15, -0.1) is 0 Å². The molecule has 2 aromatic rings. The first-order valence-electron chi connectivity index (χ1n) is 9.13. The van der Waals surface area contributed by atoms with E-state index in [1.165, 1.54) is 7.11 Å². The highest BCUT2D eigenvalue weighted by Crippen LogP contribution is 2.31. The molecule has 2 aromatic carbocycles. The third-order valence-electron chi connectivity index (χ3n) is 4.95. The van der Waals surface area contributed by atoms with Gasteiger partial charge in [0.05, 0.1) is 18.7 Å². The summed E-state index contributed by atoms with van der Waals surface area (Å²) in [4.78, 5) is 26.7. The van der Waals surface area contributed by atoms with Crippen LogP contribution in [-0.4, -0.2) is 36.0 Å². The number of rotatable bonds is 4. The lowest BCUT2D eigenvalue weighted by Crippen LogP contribution is -2.46. The van der Waals surface area contributed by atoms with Gasteiger partial charge in [0.15, 0.2) is 5.11 Å². The van der Waals surface area contributed by atoms with Gasteiger partial charge in [0, 0.05) is 24.0 Å². The Hall–Kier alpha value is -3.19. The predicted octanol–water partition coefficient (Wildman–Crippen LogP) is 3.56. The quantitative estimate of drug-likeness (QED) is 0.594. The fourth-order valence-corrected chi connectivity index (χ4v) is 3.42. The third-order valence-corrected chi connectivity index (χ3v) is 5.34. The number of hydrogen-bond donors (Lipinski definition) is 2. The summed E-state index contributed by atoms with van der Waals surface area (Å²) in [7, 11) is 3.15. The summed E-state index contributed by atoms with van der Waals surface area (Å²) in [6.07, 6.45) is 0. The maximum atomic E-state index is 12.5. The van der Waals surface area contributed by atoms with Crippen molar-refractivity contribution in [1.29, 1.82) is 0 Å². The van der Waals surface area contributed by atoms with Crippen LogP contribution in [0.2, 0.25) is 0 Å². The monoisotopic (exact) mass is 409 g/mol. The van der Waals surface area contributed by atoms with Gasteiger partial charge in [-0.2, -0.15) is 0 Å². The average Bonchev–Trinajstić information content (AvgIpc) is 2.72. The summed E-state index contributed by atoms with van der Waals surface area (Å²) in [5, 5.41) is 6.60. The van der Waals surface area contributed by atoms with Crippen LogP contribution in [0.25, 0.3) is 0 Å². The Bertz CT molecular complexity index is 999. The second-order valence-electron chi connectivity index (χ2n) is 6.88. The van der Waals surface area contributed by atoms with E-state index in [1.807, 2.05) is 44.2 Å². The van der Waals surface area contributed by atoms with Gasteiger partial charge in [-0.3, -0.25) is 4.79 Å². The number of hydrogen-bond acceptors (Lipinski definition) is 4. The van der Waals surface area contributed by atoms with Crippen LogP contribution in [0.15, 0.2) is 59.8 Å². The molecule has 0 bridgehead atoms. The molecule has 0 saturated heterocycles. The fraction of sp³-hybridized carbons (Fsp3) is 0.227. The number of methoxy groups -OCH3 is 1. The summed E-state index contributed by atoms with van der Waals surface area (Å²) in [6.45, 7) is 3.80. The fourth-order valence-electron chi connectivity index (χ4n) is 3.16. The number of nitrogens with one attached hydrogen (secondary N) is 2. The van der Waals surface area contributed by atoms with Gasteiger partial charge in [-0.1, -0.05) is 29.8 Å². The Balaban J connectivity index is 1.91. The number of amides is 1. The van der Waals surface area contributed by atoms with Crippen LogP contribution in [0.1, 0.15) is 34.5 Å². The minimum Gasteiger partial charge on any atom is -0.466 e. The van der Waals surface area contributed by atoms with E-state index in [1.54, 1.807) is 30.1 Å². The zero-order chi connectivity index (χ0) is 21.1. The number of esters is 1. The van der Waals surface area contributed by atoms with Gasteiger partial charge in [-0.05, 0) is 55.9 Å². The molecule has 0 fully saturated rings. The average molecular weight is 410 g/mol. The second kappa shape index (κ2) is 8.45. The highest BCUT2D eigenvalue weighted by molar-refractivity contribution is 7.80. The lowest BCUT2D eigenvalue weighted by Gasteiger charge is -2.35. The predicted molar refractivity (Wildman–Crippen MR) is 117 cm³/mol. The van der Waals surface area contributed by atoms with Crippen molar-refractivity contribution in [2.75, 3.05) is 19.5 Å². The van der Waals surface area contributed by atoms with E-state index in [2.05, 4.69) is 10.6 Å². The van der Waals surface area contributed by atoms with Crippen LogP contribution in [0.3, 0.4) is 0 Å². The van der Waals surface area contributed by atoms with Crippen molar-refractivity contribution in [3.8, 4) is 0 Å². The molecule has 1 aliphatic heterocycles. The van der Waals surface area contributed by atoms with Crippen molar-refractivity contribution in [2.24, 2.45) is 0 Å². The molecule has 2 N–H and O–H groups in total. The zero-order valence-corrected chi connectivity index (χ0v) is 17.6. The Kier molecular flexibility index (Phi) is 5.98. The molecule has 0 radical (unpaired) electrons. The molecule has 3 rings (SSSR count). The first-order chi connectivity index (χ1) is 13.8. The van der Waals surface area contributed by atoms with Gasteiger partial charge in [0.2, 0.25) is 0 Å². The Labute approximate surface area is 175 Å². The molecule has 1 atom stereocenters. The molecular formula is C22H23N3O3S. The van der Waals surface area contributed by atoms with E-state index in [4.69, 9.17) is 17.0 Å². The molecule has 1 amide bonds. The Morgan fingerprint density at radius 1 is 1.14 bits per heavy atom. The molecule has 150 valence electrons. The minimum atomic E-state index is -0.470. The lowest BCUT2D eigenvalue weighted by molar-refractivity contribution is -0.136. The summed E-state index contributed by atoms with van der Waals surface area (Å²) in [5.41, 5.74) is 4.28. The third kappa shape index (κ3) is 4.30. The lowest BCUT2D eigenvalue weighted by atomic mass is 9.95. The largest absolute Gasteiger partial charge is 0.466 e. The molecule has 1 aliphatic rings. The Morgan fingerprint density at radius 2 is 1.83 bits per heavy atom.